The number of hydrogen-bond donors (Lipinski definition) is 1. The van der Waals surface area contributed by atoms with Crippen molar-refractivity contribution < 1.29 is 40.3 Å². The summed E-state index contributed by atoms with van der Waals surface area (Å²) in [6.45, 7) is 13.4. The minimum atomic E-state index is -5.67. The van der Waals surface area contributed by atoms with Crippen LogP contribution in [0.1, 0.15) is 66.4 Å². The van der Waals surface area contributed by atoms with E-state index < -0.39 is 60.6 Å². The van der Waals surface area contributed by atoms with Crippen LogP contribution >= 0.6 is 0 Å². The summed E-state index contributed by atoms with van der Waals surface area (Å²) in [6.07, 6.45) is -4.76. The molecule has 1 unspecified atom stereocenters. The number of anilines is 1. The maximum atomic E-state index is 14.4. The van der Waals surface area contributed by atoms with Crippen molar-refractivity contribution in [1.29, 1.82) is 0 Å². The van der Waals surface area contributed by atoms with Gasteiger partial charge in [-0.15, -0.1) is 11.5 Å². The van der Waals surface area contributed by atoms with Gasteiger partial charge in [0.25, 0.3) is 0 Å². The van der Waals surface area contributed by atoms with Gasteiger partial charge in [0.1, 0.15) is 19.3 Å². The van der Waals surface area contributed by atoms with E-state index in [2.05, 4.69) is 53.0 Å². The van der Waals surface area contributed by atoms with Gasteiger partial charge in [0.15, 0.2) is 23.3 Å². The van der Waals surface area contributed by atoms with Crippen LogP contribution < -0.4 is 5.32 Å². The molecular weight excluding hydrogens is 519 g/mol. The Balaban J connectivity index is 2.47. The molecule has 1 aliphatic rings. The Morgan fingerprint density at radius 1 is 0.919 bits per heavy atom. The fraction of sp³-hybridized carbons (Fsp3) is 0.654. The van der Waals surface area contributed by atoms with Crippen LogP contribution in [0, 0.1) is 46.6 Å². The number of alkyl halides is 3. The zero-order valence-electron chi connectivity index (χ0n) is 21.9. The predicted molar refractivity (Wildman–Crippen MR) is 130 cm³/mol. The summed E-state index contributed by atoms with van der Waals surface area (Å²) in [5.41, 5.74) is 0.139. The smallest absolute Gasteiger partial charge is 0.381 e. The highest BCUT2D eigenvalue weighted by molar-refractivity contribution is 6.90. The lowest BCUT2D eigenvalue weighted by molar-refractivity contribution is -0.143. The Morgan fingerprint density at radius 2 is 1.38 bits per heavy atom. The average Bonchev–Trinajstić information content (AvgIpc) is 2.79. The topological polar surface area (TPSA) is 38.3 Å². The second-order valence-corrected chi connectivity index (χ2v) is 16.0. The summed E-state index contributed by atoms with van der Waals surface area (Å²) < 4.78 is 101. The van der Waals surface area contributed by atoms with Crippen LogP contribution in [0.3, 0.4) is 0 Å². The van der Waals surface area contributed by atoms with E-state index in [1.54, 1.807) is 0 Å². The van der Waals surface area contributed by atoms with Crippen molar-refractivity contribution in [3.8, 4) is 11.5 Å². The number of amides is 1. The number of benzene rings is 1. The average molecular weight is 554 g/mol. The molecule has 0 spiro atoms. The number of carbonyl (C=O) groups is 1. The summed E-state index contributed by atoms with van der Waals surface area (Å²) in [5.74, 6) is -8.92. The molecule has 0 bridgehead atoms. The second kappa shape index (κ2) is 12.2. The van der Waals surface area contributed by atoms with Crippen molar-refractivity contribution in [2.45, 2.75) is 83.6 Å². The highest BCUT2D eigenvalue weighted by Gasteiger charge is 2.44. The molecule has 0 aromatic heterocycles. The molecule has 1 atom stereocenters. The summed E-state index contributed by atoms with van der Waals surface area (Å²) >= 11 is 0. The number of nitrogens with one attached hydrogen (secondary N) is 1. The standard InChI is InChI=1S/C26H34F7NO2Si/c1-14(2)37(15(3)4,16(5)6)13-7-8-18(17-9-11-36-12-10-17)25(35)34-24-22(29)20(27)19(26(31,32)33)21(28)23(24)30/h14-18H,8-12H2,1-6H3,(H,34,35). The third kappa shape index (κ3) is 6.51. The molecule has 1 heterocycles. The highest BCUT2D eigenvalue weighted by atomic mass is 28.3. The molecule has 2 rings (SSSR count). The fourth-order valence-electron chi connectivity index (χ4n) is 5.54. The van der Waals surface area contributed by atoms with E-state index in [-0.39, 0.29) is 12.3 Å². The van der Waals surface area contributed by atoms with E-state index in [9.17, 15) is 35.5 Å². The molecule has 1 amide bonds. The van der Waals surface area contributed by atoms with E-state index in [0.29, 0.717) is 42.7 Å². The van der Waals surface area contributed by atoms with Crippen molar-refractivity contribution in [1.82, 2.24) is 0 Å². The van der Waals surface area contributed by atoms with Gasteiger partial charge in [-0.05, 0) is 35.4 Å². The lowest BCUT2D eigenvalue weighted by Crippen LogP contribution is -2.43. The lowest BCUT2D eigenvalue weighted by Gasteiger charge is -2.38. The number of rotatable bonds is 7. The van der Waals surface area contributed by atoms with Crippen LogP contribution in [-0.4, -0.2) is 27.2 Å². The molecule has 37 heavy (non-hydrogen) atoms. The second-order valence-electron chi connectivity index (χ2n) is 10.5. The van der Waals surface area contributed by atoms with Gasteiger partial charge in [-0.3, -0.25) is 4.79 Å². The Bertz CT molecular complexity index is 987. The van der Waals surface area contributed by atoms with E-state index in [4.69, 9.17) is 4.74 Å². The lowest BCUT2D eigenvalue weighted by atomic mass is 9.83. The van der Waals surface area contributed by atoms with Gasteiger partial charge in [0.05, 0.1) is 5.92 Å². The van der Waals surface area contributed by atoms with Crippen LogP contribution in [0.5, 0.6) is 0 Å². The van der Waals surface area contributed by atoms with Gasteiger partial charge in [0.2, 0.25) is 5.91 Å². The predicted octanol–water partition coefficient (Wildman–Crippen LogP) is 7.85. The third-order valence-corrected chi connectivity index (χ3v) is 13.8. The molecule has 1 aromatic carbocycles. The monoisotopic (exact) mass is 553 g/mol. The first-order valence-electron chi connectivity index (χ1n) is 12.4. The first-order valence-corrected chi connectivity index (χ1v) is 14.6. The number of carbonyl (C=O) groups excluding carboxylic acids is 1. The van der Waals surface area contributed by atoms with Gasteiger partial charge < -0.3 is 10.1 Å². The molecule has 1 aliphatic heterocycles. The molecule has 208 valence electrons. The van der Waals surface area contributed by atoms with Gasteiger partial charge in [0, 0.05) is 19.6 Å². The van der Waals surface area contributed by atoms with E-state index in [1.807, 2.05) is 5.32 Å². The van der Waals surface area contributed by atoms with Gasteiger partial charge in [-0.25, -0.2) is 17.6 Å². The van der Waals surface area contributed by atoms with Crippen molar-refractivity contribution >= 4 is 19.7 Å². The van der Waals surface area contributed by atoms with Crippen LogP contribution in [0.2, 0.25) is 16.6 Å². The maximum absolute atomic E-state index is 14.4. The number of hydrogen-bond acceptors (Lipinski definition) is 2. The zero-order valence-corrected chi connectivity index (χ0v) is 22.9. The molecule has 0 radical (unpaired) electrons. The quantitative estimate of drug-likeness (QED) is 0.162. The summed E-state index contributed by atoms with van der Waals surface area (Å²) in [7, 11) is -2.15. The van der Waals surface area contributed by atoms with Crippen LogP contribution in [0.25, 0.3) is 0 Å². The Kier molecular flexibility index (Phi) is 10.3. The molecule has 1 saturated heterocycles. The Morgan fingerprint density at radius 3 is 1.78 bits per heavy atom. The van der Waals surface area contributed by atoms with Gasteiger partial charge >= 0.3 is 6.18 Å². The van der Waals surface area contributed by atoms with Gasteiger partial charge in [-0.1, -0.05) is 41.5 Å². The summed E-state index contributed by atoms with van der Waals surface area (Å²) in [4.78, 5) is 13.2. The van der Waals surface area contributed by atoms with Crippen LogP contribution in [-0.2, 0) is 15.7 Å². The van der Waals surface area contributed by atoms with E-state index in [0.717, 1.165) is 0 Å². The van der Waals surface area contributed by atoms with Crippen molar-refractivity contribution in [3.63, 3.8) is 0 Å². The normalized spacial score (nSPS) is 16.2. The molecule has 1 fully saturated rings. The fourth-order valence-corrected chi connectivity index (χ4v) is 10.8. The summed E-state index contributed by atoms with van der Waals surface area (Å²) in [5, 5.41) is 1.82. The molecule has 1 N–H and O–H groups in total. The SMILES string of the molecule is CC(C)[Si](C#CCC(C(=O)Nc1c(F)c(F)c(C(F)(F)F)c(F)c1F)C1CCOCC1)(C(C)C)C(C)C. The molecule has 11 heteroatoms. The van der Waals surface area contributed by atoms with E-state index in [1.165, 1.54) is 0 Å². The first kappa shape index (κ1) is 31.2. The Hall–Kier alpha value is -2.06. The molecule has 0 saturated carbocycles. The van der Waals surface area contributed by atoms with Crippen LogP contribution in [0.4, 0.5) is 36.4 Å². The highest BCUT2D eigenvalue weighted by Crippen LogP contribution is 2.41. The molecule has 0 aliphatic carbocycles. The Labute approximate surface area is 214 Å². The van der Waals surface area contributed by atoms with E-state index >= 15 is 0 Å². The number of ether oxygens (including phenoxy) is 1. The van der Waals surface area contributed by atoms with Crippen molar-refractivity contribution in [3.05, 3.63) is 28.8 Å². The van der Waals surface area contributed by atoms with Crippen LogP contribution in [0.15, 0.2) is 0 Å². The minimum absolute atomic E-state index is 0.0201. The molecule has 1 aromatic rings. The first-order chi connectivity index (χ1) is 17.1. The zero-order chi connectivity index (χ0) is 28.3. The minimum Gasteiger partial charge on any atom is -0.381 e. The number of halogens is 7. The van der Waals surface area contributed by atoms with Crippen molar-refractivity contribution in [2.24, 2.45) is 11.8 Å². The maximum Gasteiger partial charge on any atom is 0.422 e. The van der Waals surface area contributed by atoms with Gasteiger partial charge in [-0.2, -0.15) is 13.2 Å². The largest absolute Gasteiger partial charge is 0.422 e. The van der Waals surface area contributed by atoms with Crippen molar-refractivity contribution in [2.75, 3.05) is 18.5 Å². The third-order valence-electron chi connectivity index (χ3n) is 7.46. The molecular formula is C26H34F7NO2Si. The summed E-state index contributed by atoms with van der Waals surface area (Å²) in [6, 6.07) is 0. The molecule has 3 nitrogen and oxygen atoms in total.